The van der Waals surface area contributed by atoms with E-state index in [1.165, 1.54) is 18.9 Å². The van der Waals surface area contributed by atoms with Crippen LogP contribution in [-0.4, -0.2) is 48.9 Å². The van der Waals surface area contributed by atoms with E-state index in [1.807, 2.05) is 4.90 Å². The number of carbonyl (C=O) groups excluding carboxylic acids is 1. The maximum Gasteiger partial charge on any atom is 0.246 e. The number of carbonyl (C=O) groups is 1. The van der Waals surface area contributed by atoms with E-state index < -0.39 is 0 Å². The number of rotatable bonds is 2. The zero-order valence-corrected chi connectivity index (χ0v) is 9.20. The Morgan fingerprint density at radius 1 is 1.50 bits per heavy atom. The molecule has 0 N–H and O–H groups in total. The Morgan fingerprint density at radius 3 is 2.79 bits per heavy atom. The van der Waals surface area contributed by atoms with Gasteiger partial charge in [-0.3, -0.25) is 4.79 Å². The van der Waals surface area contributed by atoms with Gasteiger partial charge in [0.05, 0.1) is 0 Å². The first-order valence-electron chi connectivity index (χ1n) is 5.23. The Labute approximate surface area is 86.4 Å². The van der Waals surface area contributed by atoms with Gasteiger partial charge in [-0.25, -0.2) is 0 Å². The monoisotopic (exact) mass is 196 g/mol. The van der Waals surface area contributed by atoms with Gasteiger partial charge in [-0.1, -0.05) is 13.0 Å². The normalized spacial score (nSPS) is 23.4. The lowest BCUT2D eigenvalue weighted by Gasteiger charge is -2.27. The second-order valence-corrected chi connectivity index (χ2v) is 4.10. The van der Waals surface area contributed by atoms with E-state index in [-0.39, 0.29) is 5.91 Å². The standard InChI is InChI=1S/C11H20N2O/c1-4-11(14)13-8-6-5-7-10(9-13)12(2)3/h4,10H,1,5-9H2,2-3H3. The highest BCUT2D eigenvalue weighted by Crippen LogP contribution is 2.14. The molecule has 0 bridgehead atoms. The molecule has 3 heteroatoms. The molecule has 1 rings (SSSR count). The van der Waals surface area contributed by atoms with Crippen molar-refractivity contribution in [3.8, 4) is 0 Å². The van der Waals surface area contributed by atoms with Gasteiger partial charge in [0.1, 0.15) is 0 Å². The summed E-state index contributed by atoms with van der Waals surface area (Å²) in [7, 11) is 4.15. The maximum absolute atomic E-state index is 11.5. The van der Waals surface area contributed by atoms with Crippen LogP contribution in [0.5, 0.6) is 0 Å². The third-order valence-electron chi connectivity index (χ3n) is 2.86. The van der Waals surface area contributed by atoms with Crippen LogP contribution in [-0.2, 0) is 4.79 Å². The molecule has 1 atom stereocenters. The van der Waals surface area contributed by atoms with Crippen LogP contribution >= 0.6 is 0 Å². The SMILES string of the molecule is C=CC(=O)N1CCCCC(N(C)C)C1. The minimum Gasteiger partial charge on any atom is -0.338 e. The predicted molar refractivity (Wildman–Crippen MR) is 58.1 cm³/mol. The smallest absolute Gasteiger partial charge is 0.246 e. The minimum atomic E-state index is 0.0683. The molecule has 0 aromatic rings. The van der Waals surface area contributed by atoms with Crippen LogP contribution in [0.15, 0.2) is 12.7 Å². The molecule has 1 aliphatic rings. The molecular formula is C11H20N2O. The number of hydrogen-bond acceptors (Lipinski definition) is 2. The zero-order valence-electron chi connectivity index (χ0n) is 9.20. The molecule has 80 valence electrons. The van der Waals surface area contributed by atoms with E-state index in [0.717, 1.165) is 19.5 Å². The van der Waals surface area contributed by atoms with Gasteiger partial charge in [-0.2, -0.15) is 0 Å². The average molecular weight is 196 g/mol. The van der Waals surface area contributed by atoms with Crippen molar-refractivity contribution in [2.75, 3.05) is 27.2 Å². The lowest BCUT2D eigenvalue weighted by Crippen LogP contribution is -2.41. The summed E-state index contributed by atoms with van der Waals surface area (Å²) in [4.78, 5) is 15.6. The van der Waals surface area contributed by atoms with E-state index in [4.69, 9.17) is 0 Å². The molecule has 0 saturated carbocycles. The van der Waals surface area contributed by atoms with Crippen molar-refractivity contribution < 1.29 is 4.79 Å². The number of likely N-dealkylation sites (tertiary alicyclic amines) is 1. The fourth-order valence-electron chi connectivity index (χ4n) is 1.87. The van der Waals surface area contributed by atoms with Crippen molar-refractivity contribution in [3.05, 3.63) is 12.7 Å². The van der Waals surface area contributed by atoms with Gasteiger partial charge in [-0.05, 0) is 33.0 Å². The fourth-order valence-corrected chi connectivity index (χ4v) is 1.87. The number of likely N-dealkylation sites (N-methyl/N-ethyl adjacent to an activating group) is 1. The van der Waals surface area contributed by atoms with Crippen LogP contribution in [0.25, 0.3) is 0 Å². The van der Waals surface area contributed by atoms with Crippen LogP contribution in [0, 0.1) is 0 Å². The van der Waals surface area contributed by atoms with Crippen LogP contribution < -0.4 is 0 Å². The summed E-state index contributed by atoms with van der Waals surface area (Å²) in [6.07, 6.45) is 4.93. The van der Waals surface area contributed by atoms with Crippen LogP contribution in [0.2, 0.25) is 0 Å². The van der Waals surface area contributed by atoms with Gasteiger partial charge in [0, 0.05) is 19.1 Å². The lowest BCUT2D eigenvalue weighted by molar-refractivity contribution is -0.126. The van der Waals surface area contributed by atoms with Crippen molar-refractivity contribution in [1.82, 2.24) is 9.80 Å². The van der Waals surface area contributed by atoms with Crippen LogP contribution in [0.1, 0.15) is 19.3 Å². The van der Waals surface area contributed by atoms with Crippen LogP contribution in [0.4, 0.5) is 0 Å². The molecule has 0 spiro atoms. The van der Waals surface area contributed by atoms with E-state index in [1.54, 1.807) is 0 Å². The number of hydrogen-bond donors (Lipinski definition) is 0. The Balaban J connectivity index is 2.59. The van der Waals surface area contributed by atoms with E-state index >= 15 is 0 Å². The molecule has 0 aliphatic carbocycles. The first kappa shape index (κ1) is 11.2. The highest BCUT2D eigenvalue weighted by atomic mass is 16.2. The summed E-state index contributed by atoms with van der Waals surface area (Å²) in [6, 6.07) is 0.501. The molecule has 1 heterocycles. The highest BCUT2D eigenvalue weighted by molar-refractivity contribution is 5.87. The Bertz CT molecular complexity index is 213. The lowest BCUT2D eigenvalue weighted by atomic mass is 10.1. The Kier molecular flexibility index (Phi) is 4.14. The molecule has 14 heavy (non-hydrogen) atoms. The fraction of sp³-hybridized carbons (Fsp3) is 0.727. The summed E-state index contributed by atoms with van der Waals surface area (Å²) in [5, 5.41) is 0. The summed E-state index contributed by atoms with van der Waals surface area (Å²) in [5.74, 6) is 0.0683. The van der Waals surface area contributed by atoms with Gasteiger partial charge in [-0.15, -0.1) is 0 Å². The maximum atomic E-state index is 11.5. The van der Waals surface area contributed by atoms with Gasteiger partial charge >= 0.3 is 0 Å². The molecule has 3 nitrogen and oxygen atoms in total. The molecule has 0 radical (unpaired) electrons. The van der Waals surface area contributed by atoms with Gasteiger partial charge < -0.3 is 9.80 Å². The van der Waals surface area contributed by atoms with Crippen molar-refractivity contribution in [1.29, 1.82) is 0 Å². The topological polar surface area (TPSA) is 23.6 Å². The van der Waals surface area contributed by atoms with Crippen molar-refractivity contribution >= 4 is 5.91 Å². The quantitative estimate of drug-likeness (QED) is 0.618. The molecule has 0 aromatic heterocycles. The first-order chi connectivity index (χ1) is 6.65. The van der Waals surface area contributed by atoms with Crippen molar-refractivity contribution in [2.24, 2.45) is 0 Å². The van der Waals surface area contributed by atoms with E-state index in [0.29, 0.717) is 6.04 Å². The second kappa shape index (κ2) is 5.15. The van der Waals surface area contributed by atoms with Crippen molar-refractivity contribution in [3.63, 3.8) is 0 Å². The minimum absolute atomic E-state index is 0.0683. The summed E-state index contributed by atoms with van der Waals surface area (Å²) < 4.78 is 0. The third-order valence-corrected chi connectivity index (χ3v) is 2.86. The molecule has 1 aliphatic heterocycles. The molecule has 0 aromatic carbocycles. The summed E-state index contributed by atoms with van der Waals surface area (Å²) in [5.41, 5.74) is 0. The molecular weight excluding hydrogens is 176 g/mol. The molecule has 1 fully saturated rings. The van der Waals surface area contributed by atoms with Crippen molar-refractivity contribution in [2.45, 2.75) is 25.3 Å². The largest absolute Gasteiger partial charge is 0.338 e. The van der Waals surface area contributed by atoms with Gasteiger partial charge in [0.25, 0.3) is 0 Å². The molecule has 1 unspecified atom stereocenters. The zero-order chi connectivity index (χ0) is 10.6. The molecule has 1 amide bonds. The third kappa shape index (κ3) is 2.84. The number of nitrogens with zero attached hydrogens (tertiary/aromatic N) is 2. The second-order valence-electron chi connectivity index (χ2n) is 4.10. The Morgan fingerprint density at radius 2 is 2.21 bits per heavy atom. The van der Waals surface area contributed by atoms with E-state index in [9.17, 15) is 4.79 Å². The summed E-state index contributed by atoms with van der Waals surface area (Å²) in [6.45, 7) is 5.26. The Hall–Kier alpha value is -0.830. The predicted octanol–water partition coefficient (Wildman–Crippen LogP) is 1.12. The average Bonchev–Trinajstić information content (AvgIpc) is 2.41. The van der Waals surface area contributed by atoms with Crippen LogP contribution in [0.3, 0.4) is 0 Å². The summed E-state index contributed by atoms with van der Waals surface area (Å²) >= 11 is 0. The molecule has 1 saturated heterocycles. The highest BCUT2D eigenvalue weighted by Gasteiger charge is 2.21. The first-order valence-corrected chi connectivity index (χ1v) is 5.23. The van der Waals surface area contributed by atoms with Gasteiger partial charge in [0.2, 0.25) is 5.91 Å². The van der Waals surface area contributed by atoms with E-state index in [2.05, 4.69) is 25.6 Å². The van der Waals surface area contributed by atoms with Gasteiger partial charge in [0.15, 0.2) is 0 Å². The number of amides is 1.